The molecule has 0 saturated heterocycles. The molecule has 7 heteroatoms. The number of nitrogens with two attached hydrogens (primary N) is 1. The van der Waals surface area contributed by atoms with Crippen molar-refractivity contribution < 1.29 is 0 Å². The molecule has 0 amide bonds. The van der Waals surface area contributed by atoms with Gasteiger partial charge in [-0.25, -0.2) is 9.97 Å². The van der Waals surface area contributed by atoms with Crippen LogP contribution in [0.2, 0.25) is 5.02 Å². The number of aryl methyl sites for hydroxylation is 1. The largest absolute Gasteiger partial charge is 0.396 e. The van der Waals surface area contributed by atoms with Gasteiger partial charge in [-0.1, -0.05) is 11.6 Å². The quantitative estimate of drug-likeness (QED) is 0.685. The number of hydrogen-bond acceptors (Lipinski definition) is 4. The van der Waals surface area contributed by atoms with E-state index in [1.165, 1.54) is 6.20 Å². The van der Waals surface area contributed by atoms with Crippen LogP contribution in [0.15, 0.2) is 18.6 Å². The molecular formula is C10H9ClN6. The molecule has 17 heavy (non-hydrogen) atoms. The molecule has 3 aromatic rings. The van der Waals surface area contributed by atoms with Crippen LogP contribution in [0.3, 0.4) is 0 Å². The second-order valence-corrected chi connectivity index (χ2v) is 4.11. The third-order valence-electron chi connectivity index (χ3n) is 2.49. The van der Waals surface area contributed by atoms with Gasteiger partial charge >= 0.3 is 0 Å². The van der Waals surface area contributed by atoms with Crippen molar-refractivity contribution >= 4 is 28.5 Å². The molecule has 3 aromatic heterocycles. The number of pyridine rings is 1. The van der Waals surface area contributed by atoms with Crippen molar-refractivity contribution in [3.05, 3.63) is 23.6 Å². The Labute approximate surface area is 101 Å². The van der Waals surface area contributed by atoms with Crippen LogP contribution in [0.5, 0.6) is 0 Å². The Hall–Kier alpha value is -2.08. The first-order chi connectivity index (χ1) is 8.15. The molecule has 0 atom stereocenters. The number of halogens is 1. The highest BCUT2D eigenvalue weighted by atomic mass is 35.5. The maximum absolute atomic E-state index is 5.90. The van der Waals surface area contributed by atoms with Crippen LogP contribution in [-0.2, 0) is 7.05 Å². The summed E-state index contributed by atoms with van der Waals surface area (Å²) in [6, 6.07) is 0. The average Bonchev–Trinajstić information content (AvgIpc) is 2.90. The van der Waals surface area contributed by atoms with Crippen LogP contribution in [0.4, 0.5) is 5.69 Å². The molecule has 0 aliphatic heterocycles. The van der Waals surface area contributed by atoms with Gasteiger partial charge in [-0.05, 0) is 0 Å². The fourth-order valence-corrected chi connectivity index (χ4v) is 1.78. The Morgan fingerprint density at radius 2 is 2.24 bits per heavy atom. The van der Waals surface area contributed by atoms with Crippen molar-refractivity contribution in [2.45, 2.75) is 0 Å². The summed E-state index contributed by atoms with van der Waals surface area (Å²) in [4.78, 5) is 11.6. The molecule has 0 bridgehead atoms. The van der Waals surface area contributed by atoms with Crippen molar-refractivity contribution in [1.29, 1.82) is 0 Å². The topological polar surface area (TPSA) is 85.4 Å². The molecule has 0 spiro atoms. The van der Waals surface area contributed by atoms with E-state index in [2.05, 4.69) is 20.1 Å². The van der Waals surface area contributed by atoms with Gasteiger partial charge in [0, 0.05) is 13.2 Å². The van der Waals surface area contributed by atoms with Gasteiger partial charge in [0.1, 0.15) is 11.3 Å². The van der Waals surface area contributed by atoms with Gasteiger partial charge in [-0.2, -0.15) is 5.10 Å². The van der Waals surface area contributed by atoms with Gasteiger partial charge in [-0.15, -0.1) is 0 Å². The van der Waals surface area contributed by atoms with E-state index >= 15 is 0 Å². The summed E-state index contributed by atoms with van der Waals surface area (Å²) in [6.07, 6.45) is 5.07. The van der Waals surface area contributed by atoms with Gasteiger partial charge in [0.2, 0.25) is 0 Å². The molecule has 3 N–H and O–H groups in total. The summed E-state index contributed by atoms with van der Waals surface area (Å²) in [5.41, 5.74) is 8.38. The molecule has 0 aliphatic rings. The molecule has 0 aliphatic carbocycles. The van der Waals surface area contributed by atoms with Crippen LogP contribution in [0.25, 0.3) is 22.6 Å². The lowest BCUT2D eigenvalue weighted by atomic mass is 10.3. The van der Waals surface area contributed by atoms with E-state index in [1.807, 2.05) is 13.2 Å². The maximum Gasteiger partial charge on any atom is 0.180 e. The lowest BCUT2D eigenvalue weighted by Gasteiger charge is -1.95. The molecule has 3 heterocycles. The number of hydrogen-bond donors (Lipinski definition) is 2. The third kappa shape index (κ3) is 1.53. The highest BCUT2D eigenvalue weighted by molar-refractivity contribution is 6.34. The van der Waals surface area contributed by atoms with Crippen LogP contribution in [-0.4, -0.2) is 24.7 Å². The predicted molar refractivity (Wildman–Crippen MR) is 65.5 cm³/mol. The van der Waals surface area contributed by atoms with Gasteiger partial charge in [0.15, 0.2) is 5.65 Å². The smallest absolute Gasteiger partial charge is 0.180 e. The van der Waals surface area contributed by atoms with E-state index in [0.717, 1.165) is 5.56 Å². The van der Waals surface area contributed by atoms with Gasteiger partial charge in [0.25, 0.3) is 0 Å². The monoisotopic (exact) mass is 248 g/mol. The summed E-state index contributed by atoms with van der Waals surface area (Å²) in [6.45, 7) is 0. The summed E-state index contributed by atoms with van der Waals surface area (Å²) in [5, 5.41) is 4.50. The summed E-state index contributed by atoms with van der Waals surface area (Å²) >= 11 is 5.90. The second kappa shape index (κ2) is 3.46. The molecule has 0 fully saturated rings. The van der Waals surface area contributed by atoms with Crippen LogP contribution in [0, 0.1) is 0 Å². The molecule has 0 radical (unpaired) electrons. The van der Waals surface area contributed by atoms with Crippen molar-refractivity contribution in [2.24, 2.45) is 7.05 Å². The van der Waals surface area contributed by atoms with Crippen molar-refractivity contribution in [2.75, 3.05) is 5.73 Å². The lowest BCUT2D eigenvalue weighted by molar-refractivity contribution is 0.768. The van der Waals surface area contributed by atoms with E-state index < -0.39 is 0 Å². The molecule has 6 nitrogen and oxygen atoms in total. The minimum absolute atomic E-state index is 0.416. The Morgan fingerprint density at radius 1 is 1.41 bits per heavy atom. The average molecular weight is 249 g/mol. The standard InChI is InChI=1S/C10H9ClN6/c1-17-4-5(2-14-17)9-15-8-7(12)6(11)3-13-10(8)16-9/h2-4H,1H3,(H3,12,13,15,16). The zero-order valence-electron chi connectivity index (χ0n) is 8.98. The van der Waals surface area contributed by atoms with Crippen molar-refractivity contribution in [3.8, 4) is 11.4 Å². The van der Waals surface area contributed by atoms with E-state index in [1.54, 1.807) is 10.9 Å². The van der Waals surface area contributed by atoms with E-state index in [9.17, 15) is 0 Å². The van der Waals surface area contributed by atoms with Crippen LogP contribution >= 0.6 is 11.6 Å². The highest BCUT2D eigenvalue weighted by Gasteiger charge is 2.11. The minimum atomic E-state index is 0.416. The van der Waals surface area contributed by atoms with Gasteiger partial charge in [-0.3, -0.25) is 4.68 Å². The number of rotatable bonds is 1. The maximum atomic E-state index is 5.90. The zero-order valence-corrected chi connectivity index (χ0v) is 9.73. The molecular weight excluding hydrogens is 240 g/mol. The Bertz CT molecular complexity index is 698. The fraction of sp³-hybridized carbons (Fsp3) is 0.100. The fourth-order valence-electron chi connectivity index (χ4n) is 1.63. The minimum Gasteiger partial charge on any atom is -0.396 e. The molecule has 0 unspecified atom stereocenters. The number of anilines is 1. The van der Waals surface area contributed by atoms with E-state index in [4.69, 9.17) is 17.3 Å². The van der Waals surface area contributed by atoms with Crippen LogP contribution < -0.4 is 5.73 Å². The molecule has 0 aromatic carbocycles. The first-order valence-electron chi connectivity index (χ1n) is 4.94. The first-order valence-corrected chi connectivity index (χ1v) is 5.31. The highest BCUT2D eigenvalue weighted by Crippen LogP contribution is 2.27. The number of nitrogens with one attached hydrogen (secondary N) is 1. The summed E-state index contributed by atoms with van der Waals surface area (Å²) < 4.78 is 1.70. The van der Waals surface area contributed by atoms with Gasteiger partial charge < -0.3 is 10.7 Å². The second-order valence-electron chi connectivity index (χ2n) is 3.71. The van der Waals surface area contributed by atoms with E-state index in [-0.39, 0.29) is 0 Å². The number of nitrogens with zero attached hydrogens (tertiary/aromatic N) is 4. The Balaban J connectivity index is 2.23. The SMILES string of the molecule is Cn1cc(-c2nc3ncc(Cl)c(N)c3[nH]2)cn1. The van der Waals surface area contributed by atoms with Gasteiger partial charge in [0.05, 0.1) is 28.7 Å². The summed E-state index contributed by atoms with van der Waals surface area (Å²) in [7, 11) is 1.84. The Kier molecular flexibility index (Phi) is 2.05. The third-order valence-corrected chi connectivity index (χ3v) is 2.79. The number of H-pyrrole nitrogens is 1. The summed E-state index contributed by atoms with van der Waals surface area (Å²) in [5.74, 6) is 0.676. The van der Waals surface area contributed by atoms with Crippen molar-refractivity contribution in [3.63, 3.8) is 0 Å². The number of fused-ring (bicyclic) bond motifs is 1. The van der Waals surface area contributed by atoms with E-state index in [0.29, 0.717) is 27.7 Å². The molecule has 86 valence electrons. The number of aromatic amines is 1. The number of aromatic nitrogens is 5. The van der Waals surface area contributed by atoms with Crippen LogP contribution in [0.1, 0.15) is 0 Å². The first kappa shape index (κ1) is 10.1. The predicted octanol–water partition coefficient (Wildman–Crippen LogP) is 1.59. The molecule has 3 rings (SSSR count). The Morgan fingerprint density at radius 3 is 2.94 bits per heavy atom. The normalized spacial score (nSPS) is 11.2. The van der Waals surface area contributed by atoms with Crippen molar-refractivity contribution in [1.82, 2.24) is 24.7 Å². The lowest BCUT2D eigenvalue weighted by Crippen LogP contribution is -1.89. The molecule has 0 saturated carbocycles. The number of nitrogen functional groups attached to an aromatic ring is 1. The zero-order chi connectivity index (χ0) is 12.0. The number of imidazole rings is 1.